The number of H-pyrrole nitrogens is 1. The second-order valence-corrected chi connectivity index (χ2v) is 7.43. The third-order valence-electron chi connectivity index (χ3n) is 4.76. The van der Waals surface area contributed by atoms with Gasteiger partial charge in [-0.2, -0.15) is 18.4 Å². The maximum Gasteiger partial charge on any atom is 0.416 e. The largest absolute Gasteiger partial charge is 0.491 e. The van der Waals surface area contributed by atoms with Crippen LogP contribution in [0.1, 0.15) is 53.8 Å². The molecule has 1 aromatic heterocycles. The highest BCUT2D eigenvalue weighted by Gasteiger charge is 2.34. The van der Waals surface area contributed by atoms with Crippen molar-refractivity contribution in [2.45, 2.75) is 59.4 Å². The quantitative estimate of drug-likeness (QED) is 0.689. The van der Waals surface area contributed by atoms with E-state index in [1.165, 1.54) is 12.1 Å². The summed E-state index contributed by atoms with van der Waals surface area (Å²) < 4.78 is 45.6. The summed E-state index contributed by atoms with van der Waals surface area (Å²) in [5, 5.41) is 11.6. The van der Waals surface area contributed by atoms with Crippen molar-refractivity contribution >= 4 is 5.91 Å². The fraction of sp³-hybridized carbons (Fsp3) is 0.409. The van der Waals surface area contributed by atoms with Crippen molar-refractivity contribution in [3.8, 4) is 11.8 Å². The van der Waals surface area contributed by atoms with E-state index in [0.29, 0.717) is 16.8 Å². The number of hydrogen-bond acceptors (Lipinski definition) is 4. The van der Waals surface area contributed by atoms with Crippen molar-refractivity contribution in [3.63, 3.8) is 0 Å². The summed E-state index contributed by atoms with van der Waals surface area (Å²) in [5.41, 5.74) is 0.274. The lowest BCUT2D eigenvalue weighted by Gasteiger charge is -2.17. The number of nitriles is 1. The van der Waals surface area contributed by atoms with Crippen LogP contribution in [0.4, 0.5) is 13.2 Å². The van der Waals surface area contributed by atoms with E-state index in [4.69, 9.17) is 10.00 Å². The highest BCUT2D eigenvalue weighted by Crippen LogP contribution is 2.34. The van der Waals surface area contributed by atoms with Gasteiger partial charge in [-0.05, 0) is 62.9 Å². The van der Waals surface area contributed by atoms with Gasteiger partial charge in [-0.15, -0.1) is 0 Å². The van der Waals surface area contributed by atoms with E-state index in [0.717, 1.165) is 6.07 Å². The minimum absolute atomic E-state index is 0.00547. The molecule has 1 amide bonds. The normalized spacial score (nSPS) is 11.3. The third kappa shape index (κ3) is 6.10. The van der Waals surface area contributed by atoms with Crippen molar-refractivity contribution < 1.29 is 22.7 Å². The average Bonchev–Trinajstić information content (AvgIpc) is 2.65. The van der Waals surface area contributed by atoms with E-state index in [9.17, 15) is 22.8 Å². The lowest BCUT2D eigenvalue weighted by molar-refractivity contribution is -0.138. The number of rotatable bonds is 7. The molecule has 2 rings (SSSR count). The van der Waals surface area contributed by atoms with Gasteiger partial charge in [0.1, 0.15) is 17.4 Å². The Balaban J connectivity index is 2.10. The van der Waals surface area contributed by atoms with E-state index in [1.807, 2.05) is 6.07 Å². The summed E-state index contributed by atoms with van der Waals surface area (Å²) in [7, 11) is 0. The molecule has 0 saturated heterocycles. The molecule has 0 aliphatic rings. The Bertz CT molecular complexity index is 1070. The number of aromatic amines is 1. The molecule has 1 heterocycles. The third-order valence-corrected chi connectivity index (χ3v) is 4.76. The van der Waals surface area contributed by atoms with Crippen LogP contribution in [0.25, 0.3) is 0 Å². The number of carbonyl (C=O) groups is 1. The molecular formula is C22H24F3N3O3. The van der Waals surface area contributed by atoms with Crippen molar-refractivity contribution in [1.82, 2.24) is 10.3 Å². The summed E-state index contributed by atoms with van der Waals surface area (Å²) in [5.74, 6) is -0.339. The summed E-state index contributed by atoms with van der Waals surface area (Å²) >= 11 is 0. The number of nitrogens with one attached hydrogen (secondary N) is 2. The maximum absolute atomic E-state index is 13.4. The van der Waals surface area contributed by atoms with Gasteiger partial charge in [0.15, 0.2) is 0 Å². The Morgan fingerprint density at radius 3 is 2.55 bits per heavy atom. The standard InChI is InChI=1S/C22H24F3N3O3/c1-12(2)31-16-6-5-15(19(9-16)22(23,24)25)11-27-20(29)8-7-17-13(3)18(10-26)21(30)28-14(17)4/h5-6,9,12H,7-8,11H2,1-4H3,(H,27,29)(H,28,30). The van der Waals surface area contributed by atoms with Crippen LogP contribution in [0, 0.1) is 25.2 Å². The van der Waals surface area contributed by atoms with Gasteiger partial charge in [0.25, 0.3) is 5.56 Å². The Morgan fingerprint density at radius 2 is 1.97 bits per heavy atom. The number of benzene rings is 1. The maximum atomic E-state index is 13.4. The first-order valence-corrected chi connectivity index (χ1v) is 9.70. The van der Waals surface area contributed by atoms with E-state index >= 15 is 0 Å². The molecule has 6 nitrogen and oxygen atoms in total. The zero-order chi connectivity index (χ0) is 23.3. The Hall–Kier alpha value is -3.28. The minimum Gasteiger partial charge on any atom is -0.491 e. The number of alkyl halides is 3. The molecule has 0 aliphatic heterocycles. The average molecular weight is 435 g/mol. The van der Waals surface area contributed by atoms with Crippen LogP contribution >= 0.6 is 0 Å². The van der Waals surface area contributed by atoms with E-state index < -0.39 is 23.2 Å². The Kier molecular flexibility index (Phi) is 7.50. The van der Waals surface area contributed by atoms with Gasteiger partial charge < -0.3 is 15.0 Å². The number of hydrogen-bond donors (Lipinski definition) is 2. The molecule has 166 valence electrons. The second kappa shape index (κ2) is 9.69. The SMILES string of the molecule is Cc1[nH]c(=O)c(C#N)c(C)c1CCC(=O)NCc1ccc(OC(C)C)cc1C(F)(F)F. The van der Waals surface area contributed by atoms with Crippen molar-refractivity contribution in [2.24, 2.45) is 0 Å². The predicted octanol–water partition coefficient (Wildman–Crippen LogP) is 3.92. The van der Waals surface area contributed by atoms with Gasteiger partial charge in [0, 0.05) is 18.7 Å². The van der Waals surface area contributed by atoms with Crippen LogP contribution in [0.3, 0.4) is 0 Å². The Labute approximate surface area is 178 Å². The smallest absolute Gasteiger partial charge is 0.416 e. The molecule has 0 aliphatic carbocycles. The number of amides is 1. The molecule has 2 aromatic rings. The number of halogens is 3. The summed E-state index contributed by atoms with van der Waals surface area (Å²) in [6, 6.07) is 5.50. The second-order valence-electron chi connectivity index (χ2n) is 7.43. The van der Waals surface area contributed by atoms with Crippen LogP contribution in [0.5, 0.6) is 5.75 Å². The topological polar surface area (TPSA) is 95.0 Å². The molecule has 0 saturated carbocycles. The zero-order valence-corrected chi connectivity index (χ0v) is 17.7. The van der Waals surface area contributed by atoms with Gasteiger partial charge >= 0.3 is 6.18 Å². The molecular weight excluding hydrogens is 411 g/mol. The molecule has 0 bridgehead atoms. The number of aromatic nitrogens is 1. The summed E-state index contributed by atoms with van der Waals surface area (Å²) in [6.07, 6.45) is -4.63. The van der Waals surface area contributed by atoms with Gasteiger partial charge in [0.05, 0.1) is 11.7 Å². The van der Waals surface area contributed by atoms with Crippen LogP contribution in [0.15, 0.2) is 23.0 Å². The first-order valence-electron chi connectivity index (χ1n) is 9.70. The molecule has 0 fully saturated rings. The molecule has 0 radical (unpaired) electrons. The molecule has 0 spiro atoms. The predicted molar refractivity (Wildman–Crippen MR) is 109 cm³/mol. The van der Waals surface area contributed by atoms with E-state index in [-0.39, 0.29) is 42.4 Å². The molecule has 9 heteroatoms. The van der Waals surface area contributed by atoms with Crippen LogP contribution in [0.2, 0.25) is 0 Å². The zero-order valence-electron chi connectivity index (χ0n) is 17.7. The van der Waals surface area contributed by atoms with Gasteiger partial charge in [0.2, 0.25) is 5.91 Å². The van der Waals surface area contributed by atoms with Crippen LogP contribution < -0.4 is 15.6 Å². The van der Waals surface area contributed by atoms with Crippen molar-refractivity contribution in [1.29, 1.82) is 5.26 Å². The summed E-state index contributed by atoms with van der Waals surface area (Å²) in [4.78, 5) is 26.6. The fourth-order valence-electron chi connectivity index (χ4n) is 3.26. The van der Waals surface area contributed by atoms with Crippen molar-refractivity contribution in [2.75, 3.05) is 0 Å². The van der Waals surface area contributed by atoms with E-state index in [1.54, 1.807) is 27.7 Å². The number of nitrogens with zero attached hydrogens (tertiary/aromatic N) is 1. The molecule has 0 unspecified atom stereocenters. The van der Waals surface area contributed by atoms with Crippen molar-refractivity contribution in [3.05, 3.63) is 62.1 Å². The minimum atomic E-state index is -4.59. The molecule has 31 heavy (non-hydrogen) atoms. The lowest BCUT2D eigenvalue weighted by atomic mass is 9.99. The molecule has 1 aromatic carbocycles. The highest BCUT2D eigenvalue weighted by molar-refractivity contribution is 5.76. The van der Waals surface area contributed by atoms with Crippen LogP contribution in [-0.2, 0) is 23.9 Å². The van der Waals surface area contributed by atoms with Gasteiger partial charge in [-0.3, -0.25) is 9.59 Å². The van der Waals surface area contributed by atoms with Gasteiger partial charge in [-0.1, -0.05) is 6.07 Å². The number of aryl methyl sites for hydroxylation is 1. The lowest BCUT2D eigenvalue weighted by Crippen LogP contribution is -2.25. The first-order chi connectivity index (χ1) is 14.4. The number of ether oxygens (including phenoxy) is 1. The first kappa shape index (κ1) is 24.0. The molecule has 2 N–H and O–H groups in total. The summed E-state index contributed by atoms with van der Waals surface area (Å²) in [6.45, 7) is 6.44. The number of carbonyl (C=O) groups excluding carboxylic acids is 1. The van der Waals surface area contributed by atoms with Gasteiger partial charge in [-0.25, -0.2) is 0 Å². The number of pyridine rings is 1. The highest BCUT2D eigenvalue weighted by atomic mass is 19.4. The monoisotopic (exact) mass is 435 g/mol. The van der Waals surface area contributed by atoms with E-state index in [2.05, 4.69) is 10.3 Å². The fourth-order valence-corrected chi connectivity index (χ4v) is 3.26. The van der Waals surface area contributed by atoms with Crippen LogP contribution in [-0.4, -0.2) is 17.0 Å². The Morgan fingerprint density at radius 1 is 1.29 bits per heavy atom. The molecule has 0 atom stereocenters.